The summed E-state index contributed by atoms with van der Waals surface area (Å²) < 4.78 is 55.9. The molecule has 2 heterocycles. The quantitative estimate of drug-likeness (QED) is 0.634. The number of benzene rings is 1. The third-order valence-electron chi connectivity index (χ3n) is 6.07. The van der Waals surface area contributed by atoms with Crippen LogP contribution < -0.4 is 4.74 Å². The van der Waals surface area contributed by atoms with Crippen LogP contribution in [0.5, 0.6) is 5.75 Å². The fourth-order valence-electron chi connectivity index (χ4n) is 4.19. The second-order valence-corrected chi connectivity index (χ2v) is 8.35. The van der Waals surface area contributed by atoms with Gasteiger partial charge < -0.3 is 19.5 Å². The molecule has 186 valence electrons. The van der Waals surface area contributed by atoms with Crippen LogP contribution in [-0.4, -0.2) is 85.5 Å². The van der Waals surface area contributed by atoms with Crippen molar-refractivity contribution in [2.45, 2.75) is 37.9 Å². The van der Waals surface area contributed by atoms with Crippen molar-refractivity contribution in [2.24, 2.45) is 5.92 Å². The molecule has 2 aliphatic heterocycles. The van der Waals surface area contributed by atoms with Gasteiger partial charge in [-0.2, -0.15) is 13.2 Å². The molecule has 1 aromatic rings. The monoisotopic (exact) mass is 478 g/mol. The summed E-state index contributed by atoms with van der Waals surface area (Å²) in [5, 5.41) is 7.12. The molecule has 1 spiro atoms. The largest absolute Gasteiger partial charge is 0.496 e. The number of piperidine rings is 1. The first kappa shape index (κ1) is 26.8. The molecule has 0 bridgehead atoms. The Labute approximate surface area is 190 Å². The molecule has 1 unspecified atom stereocenters. The van der Waals surface area contributed by atoms with Crippen LogP contribution >= 0.6 is 0 Å². The molecule has 1 amide bonds. The molecule has 0 radical (unpaired) electrons. The average Bonchev–Trinajstić information content (AvgIpc) is 2.72. The standard InChI is InChI=1S/C20H29FN2O3.C2HF3O2/c1-4-26-12-15-7-8-22(2)20(11-15)13-23(14-20)19(24)9-16-5-6-17(21)10-18(16)25-3;3-2(4,5)1(6)7/h5-6,10,15H,4,7-9,11-14H2,1-3H3;(H,6,7). The van der Waals surface area contributed by atoms with Crippen LogP contribution in [0, 0.1) is 11.7 Å². The summed E-state index contributed by atoms with van der Waals surface area (Å²) in [6.45, 7) is 6.16. The minimum atomic E-state index is -5.08. The van der Waals surface area contributed by atoms with Gasteiger partial charge in [-0.15, -0.1) is 0 Å². The van der Waals surface area contributed by atoms with Gasteiger partial charge in [-0.1, -0.05) is 6.07 Å². The Balaban J connectivity index is 0.000000479. The highest BCUT2D eigenvalue weighted by atomic mass is 19.4. The van der Waals surface area contributed by atoms with Crippen molar-refractivity contribution in [3.05, 3.63) is 29.6 Å². The zero-order chi connectivity index (χ0) is 24.8. The molecule has 0 saturated carbocycles. The Bertz CT molecular complexity index is 825. The highest BCUT2D eigenvalue weighted by Gasteiger charge is 2.50. The van der Waals surface area contributed by atoms with Crippen LogP contribution in [0.1, 0.15) is 25.3 Å². The van der Waals surface area contributed by atoms with Gasteiger partial charge in [-0.3, -0.25) is 9.69 Å². The number of carbonyl (C=O) groups excluding carboxylic acids is 1. The van der Waals surface area contributed by atoms with Gasteiger partial charge >= 0.3 is 12.1 Å². The Kier molecular flexibility index (Phi) is 9.07. The molecule has 11 heteroatoms. The molecular formula is C22H30F4N2O5. The zero-order valence-corrected chi connectivity index (χ0v) is 19.0. The van der Waals surface area contributed by atoms with Gasteiger partial charge in [0.15, 0.2) is 0 Å². The van der Waals surface area contributed by atoms with Crippen molar-refractivity contribution in [2.75, 3.05) is 47.0 Å². The molecule has 1 atom stereocenters. The lowest BCUT2D eigenvalue weighted by atomic mass is 9.75. The fourth-order valence-corrected chi connectivity index (χ4v) is 4.19. The minimum absolute atomic E-state index is 0.0702. The van der Waals surface area contributed by atoms with Crippen LogP contribution in [0.2, 0.25) is 0 Å². The maximum Gasteiger partial charge on any atom is 0.490 e. The first-order valence-corrected chi connectivity index (χ1v) is 10.6. The second kappa shape index (κ2) is 11.1. The lowest BCUT2D eigenvalue weighted by Crippen LogP contribution is -2.72. The molecule has 0 aliphatic carbocycles. The molecule has 33 heavy (non-hydrogen) atoms. The molecule has 0 aromatic heterocycles. The topological polar surface area (TPSA) is 79.3 Å². The lowest BCUT2D eigenvalue weighted by Gasteiger charge is -2.58. The number of carboxylic acid groups (broad SMARTS) is 1. The maximum absolute atomic E-state index is 13.3. The lowest BCUT2D eigenvalue weighted by molar-refractivity contribution is -0.192. The van der Waals surface area contributed by atoms with E-state index in [0.717, 1.165) is 51.3 Å². The van der Waals surface area contributed by atoms with E-state index in [0.29, 0.717) is 11.7 Å². The number of rotatable bonds is 6. The van der Waals surface area contributed by atoms with Gasteiger partial charge in [-0.05, 0) is 45.3 Å². The number of aliphatic carboxylic acids is 1. The first-order valence-electron chi connectivity index (χ1n) is 10.6. The summed E-state index contributed by atoms with van der Waals surface area (Å²) in [6, 6.07) is 4.33. The number of amides is 1. The Morgan fingerprint density at radius 1 is 1.27 bits per heavy atom. The van der Waals surface area contributed by atoms with E-state index < -0.39 is 12.1 Å². The van der Waals surface area contributed by atoms with Crippen LogP contribution in [0.25, 0.3) is 0 Å². The Morgan fingerprint density at radius 3 is 2.45 bits per heavy atom. The number of alkyl halides is 3. The smallest absolute Gasteiger partial charge is 0.490 e. The highest BCUT2D eigenvalue weighted by Crippen LogP contribution is 2.38. The number of ether oxygens (including phenoxy) is 2. The van der Waals surface area contributed by atoms with Gasteiger partial charge in [0.2, 0.25) is 5.91 Å². The number of methoxy groups -OCH3 is 1. The number of halogens is 4. The number of carbonyl (C=O) groups is 2. The molecular weight excluding hydrogens is 448 g/mol. The van der Waals surface area contributed by atoms with Crippen LogP contribution in [0.15, 0.2) is 18.2 Å². The average molecular weight is 478 g/mol. The summed E-state index contributed by atoms with van der Waals surface area (Å²) in [4.78, 5) is 25.9. The van der Waals surface area contributed by atoms with Crippen LogP contribution in [0.3, 0.4) is 0 Å². The third-order valence-corrected chi connectivity index (χ3v) is 6.07. The fraction of sp³-hybridized carbons (Fsp3) is 0.636. The van der Waals surface area contributed by atoms with E-state index in [4.69, 9.17) is 19.4 Å². The number of likely N-dealkylation sites (tertiary alicyclic amines) is 2. The van der Waals surface area contributed by atoms with Crippen LogP contribution in [-0.2, 0) is 20.7 Å². The van der Waals surface area contributed by atoms with Crippen molar-refractivity contribution >= 4 is 11.9 Å². The second-order valence-electron chi connectivity index (χ2n) is 8.35. The predicted octanol–water partition coefficient (Wildman–Crippen LogP) is 2.97. The van der Waals surface area contributed by atoms with Crippen molar-refractivity contribution < 1.29 is 41.7 Å². The minimum Gasteiger partial charge on any atom is -0.496 e. The Morgan fingerprint density at radius 2 is 1.91 bits per heavy atom. The zero-order valence-electron chi connectivity index (χ0n) is 19.0. The van der Waals surface area contributed by atoms with Gasteiger partial charge in [-0.25, -0.2) is 9.18 Å². The van der Waals surface area contributed by atoms with E-state index in [1.165, 1.54) is 19.2 Å². The molecule has 3 rings (SSSR count). The van der Waals surface area contributed by atoms with E-state index in [2.05, 4.69) is 11.9 Å². The molecule has 2 fully saturated rings. The molecule has 2 aliphatic rings. The molecule has 1 aromatic carbocycles. The summed E-state index contributed by atoms with van der Waals surface area (Å²) >= 11 is 0. The van der Waals surface area contributed by atoms with Crippen molar-refractivity contribution in [3.63, 3.8) is 0 Å². The number of hydrogen-bond donors (Lipinski definition) is 1. The molecule has 1 N–H and O–H groups in total. The first-order chi connectivity index (χ1) is 15.4. The predicted molar refractivity (Wildman–Crippen MR) is 112 cm³/mol. The molecule has 2 saturated heterocycles. The van der Waals surface area contributed by atoms with Crippen LogP contribution in [0.4, 0.5) is 17.6 Å². The summed E-state index contributed by atoms with van der Waals surface area (Å²) in [7, 11) is 3.65. The summed E-state index contributed by atoms with van der Waals surface area (Å²) in [5.74, 6) is -2.04. The van der Waals surface area contributed by atoms with Gasteiger partial charge in [0, 0.05) is 37.9 Å². The van der Waals surface area contributed by atoms with Crippen molar-refractivity contribution in [1.82, 2.24) is 9.80 Å². The van der Waals surface area contributed by atoms with E-state index >= 15 is 0 Å². The molecule has 7 nitrogen and oxygen atoms in total. The number of nitrogens with zero attached hydrogens (tertiary/aromatic N) is 2. The van der Waals surface area contributed by atoms with E-state index in [-0.39, 0.29) is 23.7 Å². The third kappa shape index (κ3) is 7.04. The maximum atomic E-state index is 13.3. The number of hydrogen-bond acceptors (Lipinski definition) is 5. The van der Waals surface area contributed by atoms with Gasteiger partial charge in [0.1, 0.15) is 11.6 Å². The normalized spacial score (nSPS) is 20.0. The summed E-state index contributed by atoms with van der Waals surface area (Å²) in [6.07, 6.45) is -2.61. The SMILES string of the molecule is CCOCC1CCN(C)C2(C1)CN(C(=O)Cc1ccc(F)cc1OC)C2.O=C(O)C(F)(F)F. The van der Waals surface area contributed by atoms with E-state index in [1.54, 1.807) is 6.07 Å². The highest BCUT2D eigenvalue weighted by molar-refractivity contribution is 5.80. The number of likely N-dealkylation sites (N-methyl/N-ethyl adjacent to an activating group) is 1. The summed E-state index contributed by atoms with van der Waals surface area (Å²) in [5.41, 5.74) is 0.814. The van der Waals surface area contributed by atoms with E-state index in [9.17, 15) is 22.4 Å². The van der Waals surface area contributed by atoms with Gasteiger partial charge in [0.25, 0.3) is 0 Å². The van der Waals surface area contributed by atoms with Crippen molar-refractivity contribution in [1.29, 1.82) is 0 Å². The number of carboxylic acids is 1. The van der Waals surface area contributed by atoms with E-state index in [1.807, 2.05) is 11.8 Å². The van der Waals surface area contributed by atoms with Crippen molar-refractivity contribution in [3.8, 4) is 5.75 Å². The Hall–Kier alpha value is -2.40. The van der Waals surface area contributed by atoms with Gasteiger partial charge in [0.05, 0.1) is 19.1 Å².